The van der Waals surface area contributed by atoms with E-state index in [2.05, 4.69) is 31.3 Å². The van der Waals surface area contributed by atoms with Crippen LogP contribution >= 0.6 is 15.9 Å². The zero-order valence-electron chi connectivity index (χ0n) is 10.0. The number of rotatable bonds is 5. The molecule has 1 heterocycles. The summed E-state index contributed by atoms with van der Waals surface area (Å²) in [6.07, 6.45) is 1.66. The fourth-order valence-electron chi connectivity index (χ4n) is 1.57. The minimum absolute atomic E-state index is 0.263. The summed E-state index contributed by atoms with van der Waals surface area (Å²) in [5, 5.41) is 7.47. The van der Waals surface area contributed by atoms with E-state index in [-0.39, 0.29) is 5.82 Å². The maximum Gasteiger partial charge on any atom is 0.164 e. The molecular weight excluding hydrogens is 299 g/mol. The summed E-state index contributed by atoms with van der Waals surface area (Å²) >= 11 is 3.24. The first kappa shape index (κ1) is 13.2. The summed E-state index contributed by atoms with van der Waals surface area (Å²) in [5.74, 6) is 0.477. The summed E-state index contributed by atoms with van der Waals surface area (Å²) < 4.78 is 15.5. The molecule has 0 unspecified atom stereocenters. The van der Waals surface area contributed by atoms with Crippen molar-refractivity contribution >= 4 is 15.9 Å². The first-order valence-electron chi connectivity index (χ1n) is 5.72. The van der Waals surface area contributed by atoms with Crippen LogP contribution in [0, 0.1) is 5.82 Å². The molecule has 0 fully saturated rings. The van der Waals surface area contributed by atoms with Gasteiger partial charge in [-0.2, -0.15) is 5.10 Å². The highest BCUT2D eigenvalue weighted by molar-refractivity contribution is 9.10. The Morgan fingerprint density at radius 2 is 2.28 bits per heavy atom. The van der Waals surface area contributed by atoms with E-state index in [1.165, 1.54) is 6.07 Å². The lowest BCUT2D eigenvalue weighted by Crippen LogP contribution is -2.13. The van der Waals surface area contributed by atoms with Crippen LogP contribution in [0.1, 0.15) is 18.3 Å². The van der Waals surface area contributed by atoms with Crippen LogP contribution in [0.2, 0.25) is 0 Å². The molecular formula is C12H14BrFN4. The van der Waals surface area contributed by atoms with Crippen molar-refractivity contribution in [3.63, 3.8) is 0 Å². The van der Waals surface area contributed by atoms with E-state index in [9.17, 15) is 4.39 Å². The smallest absolute Gasteiger partial charge is 0.164 e. The number of halogens is 2. The van der Waals surface area contributed by atoms with Gasteiger partial charge >= 0.3 is 0 Å². The molecule has 0 saturated carbocycles. The topological polar surface area (TPSA) is 42.7 Å². The Labute approximate surface area is 113 Å². The normalized spacial score (nSPS) is 10.8. The van der Waals surface area contributed by atoms with Gasteiger partial charge in [-0.15, -0.1) is 0 Å². The third-order valence-electron chi connectivity index (χ3n) is 2.48. The van der Waals surface area contributed by atoms with E-state index >= 15 is 0 Å². The average molecular weight is 313 g/mol. The van der Waals surface area contributed by atoms with Crippen molar-refractivity contribution in [2.75, 3.05) is 6.54 Å². The fraction of sp³-hybridized carbons (Fsp3) is 0.333. The molecule has 0 saturated heterocycles. The lowest BCUT2D eigenvalue weighted by Gasteiger charge is -2.04. The highest BCUT2D eigenvalue weighted by Crippen LogP contribution is 2.20. The number of nitrogens with one attached hydrogen (secondary N) is 1. The van der Waals surface area contributed by atoms with Crippen LogP contribution in [0.25, 0.3) is 0 Å². The van der Waals surface area contributed by atoms with Crippen LogP contribution in [0.15, 0.2) is 29.0 Å². The third-order valence-corrected chi connectivity index (χ3v) is 3.37. The van der Waals surface area contributed by atoms with Crippen molar-refractivity contribution < 1.29 is 4.39 Å². The molecule has 0 spiro atoms. The second kappa shape index (κ2) is 6.06. The molecule has 0 aliphatic carbocycles. The van der Waals surface area contributed by atoms with Gasteiger partial charge < -0.3 is 5.32 Å². The van der Waals surface area contributed by atoms with Gasteiger partial charge in [0.15, 0.2) is 5.82 Å². The molecule has 1 aromatic carbocycles. The first-order chi connectivity index (χ1) is 8.70. The SMILES string of the molecule is CCNCc1ncn(Cc2cccc(F)c2Br)n1. The molecule has 1 N–H and O–H groups in total. The molecule has 96 valence electrons. The minimum atomic E-state index is -0.263. The van der Waals surface area contributed by atoms with Crippen molar-refractivity contribution in [2.24, 2.45) is 0 Å². The number of benzene rings is 1. The van der Waals surface area contributed by atoms with Gasteiger partial charge in [0.25, 0.3) is 0 Å². The summed E-state index contributed by atoms with van der Waals surface area (Å²) in [6, 6.07) is 4.97. The summed E-state index contributed by atoms with van der Waals surface area (Å²) in [7, 11) is 0. The van der Waals surface area contributed by atoms with E-state index in [1.807, 2.05) is 13.0 Å². The maximum absolute atomic E-state index is 13.4. The predicted molar refractivity (Wildman–Crippen MR) is 70.6 cm³/mol. The Morgan fingerprint density at radius 1 is 1.44 bits per heavy atom. The second-order valence-corrected chi connectivity index (χ2v) is 4.64. The molecule has 0 radical (unpaired) electrons. The van der Waals surface area contributed by atoms with Crippen LogP contribution in [-0.2, 0) is 13.1 Å². The zero-order chi connectivity index (χ0) is 13.0. The first-order valence-corrected chi connectivity index (χ1v) is 6.52. The number of nitrogens with zero attached hydrogens (tertiary/aromatic N) is 3. The molecule has 1 aromatic heterocycles. The van der Waals surface area contributed by atoms with Gasteiger partial charge in [0.2, 0.25) is 0 Å². The van der Waals surface area contributed by atoms with Gasteiger partial charge in [-0.1, -0.05) is 19.1 Å². The van der Waals surface area contributed by atoms with Gasteiger partial charge in [0.1, 0.15) is 12.1 Å². The van der Waals surface area contributed by atoms with Gasteiger partial charge in [-0.25, -0.2) is 14.1 Å². The summed E-state index contributed by atoms with van der Waals surface area (Å²) in [4.78, 5) is 4.18. The largest absolute Gasteiger partial charge is 0.310 e. The van der Waals surface area contributed by atoms with Crippen molar-refractivity contribution in [1.82, 2.24) is 20.1 Å². The monoisotopic (exact) mass is 312 g/mol. The Morgan fingerprint density at radius 3 is 3.06 bits per heavy atom. The van der Waals surface area contributed by atoms with Crippen LogP contribution < -0.4 is 5.32 Å². The quantitative estimate of drug-likeness (QED) is 0.921. The molecule has 4 nitrogen and oxygen atoms in total. The predicted octanol–water partition coefficient (Wildman–Crippen LogP) is 2.34. The molecule has 0 atom stereocenters. The highest BCUT2D eigenvalue weighted by Gasteiger charge is 2.07. The van der Waals surface area contributed by atoms with Crippen molar-refractivity contribution in [1.29, 1.82) is 0 Å². The van der Waals surface area contributed by atoms with Gasteiger partial charge in [-0.05, 0) is 34.1 Å². The van der Waals surface area contributed by atoms with E-state index in [0.717, 1.165) is 17.9 Å². The summed E-state index contributed by atoms with van der Waals surface area (Å²) in [5.41, 5.74) is 0.843. The van der Waals surface area contributed by atoms with E-state index in [1.54, 1.807) is 17.1 Å². The van der Waals surface area contributed by atoms with E-state index < -0.39 is 0 Å². The standard InChI is InChI=1S/C12H14BrFN4/c1-2-15-6-11-16-8-18(17-11)7-9-4-3-5-10(14)12(9)13/h3-5,8,15H,2,6-7H2,1H3. The highest BCUT2D eigenvalue weighted by atomic mass is 79.9. The zero-order valence-corrected chi connectivity index (χ0v) is 11.6. The van der Waals surface area contributed by atoms with Gasteiger partial charge in [0.05, 0.1) is 17.6 Å². The van der Waals surface area contributed by atoms with Gasteiger partial charge in [-0.3, -0.25) is 0 Å². The van der Waals surface area contributed by atoms with Crippen molar-refractivity contribution in [2.45, 2.75) is 20.0 Å². The minimum Gasteiger partial charge on any atom is -0.310 e. The van der Waals surface area contributed by atoms with Gasteiger partial charge in [0, 0.05) is 0 Å². The number of aromatic nitrogens is 3. The Hall–Kier alpha value is -1.27. The van der Waals surface area contributed by atoms with Crippen molar-refractivity contribution in [3.05, 3.63) is 46.2 Å². The van der Waals surface area contributed by atoms with Crippen LogP contribution in [0.3, 0.4) is 0 Å². The second-order valence-electron chi connectivity index (χ2n) is 3.85. The van der Waals surface area contributed by atoms with Crippen LogP contribution in [0.4, 0.5) is 4.39 Å². The van der Waals surface area contributed by atoms with E-state index in [4.69, 9.17) is 0 Å². The Kier molecular flexibility index (Phi) is 4.43. The van der Waals surface area contributed by atoms with Crippen molar-refractivity contribution in [3.8, 4) is 0 Å². The van der Waals surface area contributed by atoms with Crippen LogP contribution in [-0.4, -0.2) is 21.3 Å². The molecule has 0 aliphatic heterocycles. The lowest BCUT2D eigenvalue weighted by molar-refractivity contribution is 0.607. The summed E-state index contributed by atoms with van der Waals surface area (Å²) in [6.45, 7) is 4.05. The molecule has 18 heavy (non-hydrogen) atoms. The number of hydrogen-bond donors (Lipinski definition) is 1. The molecule has 2 aromatic rings. The molecule has 0 aliphatic rings. The van der Waals surface area contributed by atoms with Crippen LogP contribution in [0.5, 0.6) is 0 Å². The Balaban J connectivity index is 2.09. The molecule has 0 amide bonds. The van der Waals surface area contributed by atoms with E-state index in [0.29, 0.717) is 17.6 Å². The number of hydrogen-bond acceptors (Lipinski definition) is 3. The molecule has 0 bridgehead atoms. The molecule has 6 heteroatoms. The lowest BCUT2D eigenvalue weighted by atomic mass is 10.2. The molecule has 2 rings (SSSR count). The average Bonchev–Trinajstić information content (AvgIpc) is 2.80. The third kappa shape index (κ3) is 3.14. The maximum atomic E-state index is 13.4. The fourth-order valence-corrected chi connectivity index (χ4v) is 1.96. The Bertz CT molecular complexity index is 527.